The summed E-state index contributed by atoms with van der Waals surface area (Å²) in [5, 5.41) is 38.5. The number of hydrogen-bond acceptors (Lipinski definition) is 8. The van der Waals surface area contributed by atoms with Gasteiger partial charge in [-0.1, -0.05) is 0 Å². The van der Waals surface area contributed by atoms with Gasteiger partial charge < -0.3 is 42.7 Å². The molecule has 16 heavy (non-hydrogen) atoms. The van der Waals surface area contributed by atoms with E-state index < -0.39 is 0 Å². The van der Waals surface area contributed by atoms with Crippen LogP contribution in [0.1, 0.15) is 0 Å². The summed E-state index contributed by atoms with van der Waals surface area (Å²) in [6, 6.07) is 0. The maximum absolute atomic E-state index is 7.75. The van der Waals surface area contributed by atoms with E-state index >= 15 is 0 Å². The standard InChI is InChI=1S/3C2H7NO.C2H6O2/c4*3-1-2-4/h3*4H,1-3H2;3-4H,1-2H2. The van der Waals surface area contributed by atoms with E-state index in [9.17, 15) is 0 Å². The summed E-state index contributed by atoms with van der Waals surface area (Å²) < 4.78 is 0. The maximum atomic E-state index is 7.75. The third-order valence-corrected chi connectivity index (χ3v) is 0.487. The highest BCUT2D eigenvalue weighted by atomic mass is 16.3. The van der Waals surface area contributed by atoms with Crippen LogP contribution in [0, 0.1) is 0 Å². The van der Waals surface area contributed by atoms with Gasteiger partial charge in [0.25, 0.3) is 0 Å². The summed E-state index contributed by atoms with van der Waals surface area (Å²) >= 11 is 0. The lowest BCUT2D eigenvalue weighted by Crippen LogP contribution is -2.02. The number of aliphatic hydroxyl groups excluding tert-OH is 5. The van der Waals surface area contributed by atoms with Gasteiger partial charge in [0, 0.05) is 19.6 Å². The Bertz CT molecular complexity index is 47.6. The zero-order chi connectivity index (χ0) is 13.7. The first-order valence-corrected chi connectivity index (χ1v) is 4.81. The predicted octanol–water partition coefficient (Wildman–Crippen LogP) is -4.22. The van der Waals surface area contributed by atoms with Crippen molar-refractivity contribution in [1.29, 1.82) is 0 Å². The fraction of sp³-hybridized carbons (Fsp3) is 1.00. The molecular weight excluding hydrogens is 218 g/mol. The summed E-state index contributed by atoms with van der Waals surface area (Å²) in [6.45, 7) is 1.17. The van der Waals surface area contributed by atoms with Crippen molar-refractivity contribution in [3.05, 3.63) is 0 Å². The Morgan fingerprint density at radius 1 is 0.438 bits per heavy atom. The molecule has 0 aliphatic rings. The van der Waals surface area contributed by atoms with Crippen LogP contribution >= 0.6 is 0 Å². The molecule has 11 N–H and O–H groups in total. The minimum absolute atomic E-state index is 0.0972. The van der Waals surface area contributed by atoms with Crippen molar-refractivity contribution in [1.82, 2.24) is 0 Å². The number of hydrogen-bond donors (Lipinski definition) is 8. The summed E-state index contributed by atoms with van der Waals surface area (Å²) in [7, 11) is 0. The first kappa shape index (κ1) is 24.8. The molecule has 8 nitrogen and oxygen atoms in total. The van der Waals surface area contributed by atoms with Gasteiger partial charge in [-0.15, -0.1) is 0 Å². The van der Waals surface area contributed by atoms with Crippen molar-refractivity contribution in [2.45, 2.75) is 0 Å². The van der Waals surface area contributed by atoms with Gasteiger partial charge >= 0.3 is 0 Å². The zero-order valence-electron chi connectivity index (χ0n) is 9.62. The highest BCUT2D eigenvalue weighted by Crippen LogP contribution is 1.39. The molecule has 104 valence electrons. The lowest BCUT2D eigenvalue weighted by atomic mass is 10.8. The molecule has 0 aromatic heterocycles. The van der Waals surface area contributed by atoms with Gasteiger partial charge in [0.1, 0.15) is 0 Å². The van der Waals surface area contributed by atoms with Crippen molar-refractivity contribution in [2.75, 3.05) is 52.7 Å². The van der Waals surface area contributed by atoms with Crippen LogP contribution in [-0.4, -0.2) is 78.2 Å². The van der Waals surface area contributed by atoms with E-state index in [1.165, 1.54) is 0 Å². The third kappa shape index (κ3) is 162. The van der Waals surface area contributed by atoms with Crippen molar-refractivity contribution in [3.63, 3.8) is 0 Å². The van der Waals surface area contributed by atoms with E-state index in [1.54, 1.807) is 0 Å². The monoisotopic (exact) mass is 245 g/mol. The normalized spacial score (nSPS) is 7.50. The third-order valence-electron chi connectivity index (χ3n) is 0.487. The van der Waals surface area contributed by atoms with E-state index in [0.29, 0.717) is 19.6 Å². The van der Waals surface area contributed by atoms with Crippen LogP contribution in [-0.2, 0) is 0 Å². The Labute approximate surface area is 96.3 Å². The minimum Gasteiger partial charge on any atom is -0.395 e. The van der Waals surface area contributed by atoms with Crippen LogP contribution in [0.15, 0.2) is 0 Å². The second kappa shape index (κ2) is 46.6. The zero-order valence-corrected chi connectivity index (χ0v) is 9.62. The average molecular weight is 245 g/mol. The summed E-state index contributed by atoms with van der Waals surface area (Å²) in [5.41, 5.74) is 14.3. The van der Waals surface area contributed by atoms with Gasteiger partial charge in [-0.25, -0.2) is 0 Å². The highest BCUT2D eigenvalue weighted by Gasteiger charge is 1.58. The number of aliphatic hydroxyl groups is 5. The molecule has 8 heteroatoms. The van der Waals surface area contributed by atoms with Gasteiger partial charge in [0.05, 0.1) is 33.0 Å². The first-order chi connectivity index (χ1) is 7.66. The van der Waals surface area contributed by atoms with Crippen molar-refractivity contribution in [3.8, 4) is 0 Å². The molecule has 0 aliphatic carbocycles. The Morgan fingerprint density at radius 2 is 0.562 bits per heavy atom. The lowest BCUT2D eigenvalue weighted by Gasteiger charge is -1.71. The van der Waals surface area contributed by atoms with Gasteiger partial charge in [0.15, 0.2) is 0 Å². The molecule has 0 bridgehead atoms. The van der Waals surface area contributed by atoms with E-state index in [2.05, 4.69) is 0 Å². The Hall–Kier alpha value is -0.320. The van der Waals surface area contributed by atoms with Crippen molar-refractivity contribution in [2.24, 2.45) is 17.2 Å². The molecule has 0 rings (SSSR count). The largest absolute Gasteiger partial charge is 0.395 e. The molecular formula is C8H27N3O5. The second-order valence-corrected chi connectivity index (χ2v) is 1.98. The second-order valence-electron chi connectivity index (χ2n) is 1.98. The Morgan fingerprint density at radius 3 is 0.562 bits per heavy atom. The van der Waals surface area contributed by atoms with Crippen LogP contribution in [0.5, 0.6) is 0 Å². The molecule has 0 aliphatic heterocycles. The van der Waals surface area contributed by atoms with E-state index in [1.807, 2.05) is 0 Å². The van der Waals surface area contributed by atoms with Crippen LogP contribution in [0.4, 0.5) is 0 Å². The van der Waals surface area contributed by atoms with Crippen molar-refractivity contribution >= 4 is 0 Å². The van der Waals surface area contributed by atoms with Gasteiger partial charge in [0.2, 0.25) is 0 Å². The molecule has 0 fully saturated rings. The smallest absolute Gasteiger partial charge is 0.0662 e. The Kier molecular flexibility index (Phi) is 72.1. The fourth-order valence-electron chi connectivity index (χ4n) is 0. The molecule has 0 heterocycles. The summed E-state index contributed by atoms with van der Waals surface area (Å²) in [5.74, 6) is 0. The van der Waals surface area contributed by atoms with Gasteiger partial charge in [-0.2, -0.15) is 0 Å². The first-order valence-electron chi connectivity index (χ1n) is 4.81. The molecule has 0 atom stereocenters. The summed E-state index contributed by atoms with van der Waals surface area (Å²) in [6.07, 6.45) is 0. The predicted molar refractivity (Wildman–Crippen MR) is 62.6 cm³/mol. The molecule has 0 spiro atoms. The molecule has 0 radical (unpaired) electrons. The molecule has 0 amide bonds. The quantitative estimate of drug-likeness (QED) is 0.245. The SMILES string of the molecule is NCCO.NCCO.NCCO.OCCO. The Balaban J connectivity index is -0.0000000600. The molecule has 0 aromatic carbocycles. The number of nitrogens with two attached hydrogens (primary N) is 3. The minimum atomic E-state index is -0.125. The van der Waals surface area contributed by atoms with E-state index in [-0.39, 0.29) is 33.0 Å². The lowest BCUT2D eigenvalue weighted by molar-refractivity contribution is 0.186. The van der Waals surface area contributed by atoms with Crippen LogP contribution in [0.3, 0.4) is 0 Å². The summed E-state index contributed by atoms with van der Waals surface area (Å²) in [4.78, 5) is 0. The van der Waals surface area contributed by atoms with Crippen LogP contribution in [0.25, 0.3) is 0 Å². The van der Waals surface area contributed by atoms with Crippen LogP contribution < -0.4 is 17.2 Å². The van der Waals surface area contributed by atoms with E-state index in [4.69, 9.17) is 42.7 Å². The van der Waals surface area contributed by atoms with Gasteiger partial charge in [-0.05, 0) is 0 Å². The van der Waals surface area contributed by atoms with Crippen LogP contribution in [0.2, 0.25) is 0 Å². The van der Waals surface area contributed by atoms with Crippen molar-refractivity contribution < 1.29 is 25.5 Å². The maximum Gasteiger partial charge on any atom is 0.0662 e. The average Bonchev–Trinajstić information content (AvgIpc) is 2.39. The van der Waals surface area contributed by atoms with E-state index in [0.717, 1.165) is 0 Å². The molecule has 0 saturated heterocycles. The number of rotatable bonds is 4. The highest BCUT2D eigenvalue weighted by molar-refractivity contribution is 4.18. The van der Waals surface area contributed by atoms with Gasteiger partial charge in [-0.3, -0.25) is 0 Å². The molecule has 0 aromatic rings. The molecule has 0 saturated carbocycles. The topological polar surface area (TPSA) is 179 Å². The fourth-order valence-corrected chi connectivity index (χ4v) is 0. The molecule has 0 unspecified atom stereocenters.